The molecule has 14 rings (SSSR count). The van der Waals surface area contributed by atoms with Crippen molar-refractivity contribution in [2.24, 2.45) is 23.5 Å². The second-order valence-electron chi connectivity index (χ2n) is 31.6. The minimum atomic E-state index is -1.17. The Morgan fingerprint density at radius 2 is 1.38 bits per heavy atom. The van der Waals surface area contributed by atoms with Crippen molar-refractivity contribution in [3.05, 3.63) is 36.5 Å². The molecule has 0 aromatic rings. The highest BCUT2D eigenvalue weighted by molar-refractivity contribution is 6.12. The molecule has 13 fully saturated rings. The van der Waals surface area contributed by atoms with E-state index in [1.165, 1.54) is 17.1 Å². The number of carbonyl (C=O) groups is 8. The molecule has 13 saturated heterocycles. The Morgan fingerprint density at radius 3 is 2.11 bits per heavy atom. The van der Waals surface area contributed by atoms with E-state index in [4.69, 9.17) is 53.1 Å². The van der Waals surface area contributed by atoms with Gasteiger partial charge in [-0.3, -0.25) is 48.3 Å². The molecule has 0 aromatic carbocycles. The maximum atomic E-state index is 14.7. The number of Topliss-reactive ketones (excluding diaryl/α,β-unsaturated/α-hetero) is 1. The first-order valence-electron chi connectivity index (χ1n) is 38.9. The zero-order chi connectivity index (χ0) is 73.3. The summed E-state index contributed by atoms with van der Waals surface area (Å²) in [7, 11) is 1.58. The molecule has 104 heavy (non-hydrogen) atoms. The normalized spacial score (nSPS) is 37.2. The number of imide groups is 1. The lowest BCUT2D eigenvalue weighted by Crippen LogP contribution is -2.61. The number of rotatable bonds is 22. The van der Waals surface area contributed by atoms with Gasteiger partial charge in [0.15, 0.2) is 5.79 Å². The van der Waals surface area contributed by atoms with Crippen LogP contribution in [0.1, 0.15) is 143 Å². The van der Waals surface area contributed by atoms with Crippen molar-refractivity contribution in [3.63, 3.8) is 0 Å². The molecule has 0 radical (unpaired) electrons. The van der Waals surface area contributed by atoms with Gasteiger partial charge in [-0.2, -0.15) is 0 Å². The number of aliphatic hydroxyl groups is 1. The summed E-state index contributed by atoms with van der Waals surface area (Å²) in [5.74, 6) is -3.70. The Labute approximate surface area is 611 Å². The number of urea groups is 1. The smallest absolute Gasteiger partial charge is 0.312 e. The standard InChI is InChI=1S/C75H116N10O19/c1-44(2)65(80-61(88)19-23-81-24-26-82-28-30-84(31-29-83(27-25-81)33-35-96-34-32-82)62(89)11-7-8-22-85-63(90)16-17-64(85)91)73(93)79-54(10-9-21-77-74(76)94)72(92)78-43-49(87)40-59-66(95-6)53-39-48(86)38-51-13-15-56-67(99-51)71-70-69(101-56)68-60(102-70)42-75(103-68,104-71)20-18-52-37-46(4)55(97-52)14-12-50-36-45(3)47(5)57(98-50)41-58(53)100-59/h16-17,44-45,49-60,65-71,87H,4-5,7-15,18-43H2,1-3,6H3,(H,78,92)(H,79,93)(H,80,88)(H3,76,77,94)/t45-,49+,50+,51-,52+,53+,54+,55+,56+,57-,58+,59-,60-,65+,66-,67+,68+,69?,70?,71+,75+/m1/s1. The second-order valence-corrected chi connectivity index (χ2v) is 31.6. The van der Waals surface area contributed by atoms with Crippen LogP contribution in [0.4, 0.5) is 4.79 Å². The van der Waals surface area contributed by atoms with Crippen LogP contribution in [-0.4, -0.2) is 304 Å². The number of amides is 8. The fourth-order valence-corrected chi connectivity index (χ4v) is 18.0. The van der Waals surface area contributed by atoms with E-state index in [1.54, 1.807) is 7.11 Å². The molecule has 0 aromatic heterocycles. The second kappa shape index (κ2) is 35.8. The summed E-state index contributed by atoms with van der Waals surface area (Å²) in [5.41, 5.74) is 7.41. The molecule has 14 heterocycles. The zero-order valence-electron chi connectivity index (χ0n) is 61.6. The Hall–Kier alpha value is -5.38. The van der Waals surface area contributed by atoms with Crippen molar-refractivity contribution in [2.45, 2.75) is 258 Å². The minimum absolute atomic E-state index is 0.0186. The Kier molecular flexibility index (Phi) is 26.9. The quantitative estimate of drug-likeness (QED) is 0.0512. The number of unbranched alkanes of at least 4 members (excludes halogenated alkanes) is 1. The van der Waals surface area contributed by atoms with E-state index in [-0.39, 0.29) is 148 Å². The summed E-state index contributed by atoms with van der Waals surface area (Å²) in [6.07, 6.45) is 5.09. The fraction of sp³-hybridized carbons (Fsp3) is 0.813. The fourth-order valence-electron chi connectivity index (χ4n) is 18.0. The Morgan fingerprint density at radius 1 is 0.683 bits per heavy atom. The largest absolute Gasteiger partial charge is 0.391 e. The van der Waals surface area contributed by atoms with Gasteiger partial charge in [0, 0.05) is 168 Å². The summed E-state index contributed by atoms with van der Waals surface area (Å²) in [6, 6.07) is -2.91. The molecular weight excluding hydrogens is 1340 g/mol. The van der Waals surface area contributed by atoms with E-state index >= 15 is 0 Å². The number of hydrogen-bond donors (Lipinski definition) is 6. The highest BCUT2D eigenvalue weighted by Crippen LogP contribution is 2.55. The number of nitrogens with zero attached hydrogens (tertiary/aromatic N) is 5. The van der Waals surface area contributed by atoms with Crippen LogP contribution < -0.4 is 27.0 Å². The van der Waals surface area contributed by atoms with Gasteiger partial charge >= 0.3 is 6.03 Å². The van der Waals surface area contributed by atoms with Crippen molar-refractivity contribution >= 4 is 47.3 Å². The number of fused-ring (bicyclic) bond motifs is 18. The molecule has 0 saturated carbocycles. The van der Waals surface area contributed by atoms with E-state index in [9.17, 15) is 43.5 Å². The number of nitrogens with one attached hydrogen (secondary N) is 4. The van der Waals surface area contributed by atoms with Crippen LogP contribution in [-0.2, 0) is 80.9 Å². The summed E-state index contributed by atoms with van der Waals surface area (Å²) >= 11 is 0. The Balaban J connectivity index is 0.659. The van der Waals surface area contributed by atoms with E-state index < -0.39 is 90.5 Å². The maximum Gasteiger partial charge on any atom is 0.312 e. The lowest BCUT2D eigenvalue weighted by molar-refractivity contribution is -0.292. The van der Waals surface area contributed by atoms with Gasteiger partial charge in [0.05, 0.1) is 80.4 Å². The summed E-state index contributed by atoms with van der Waals surface area (Å²) in [5, 5.41) is 23.2. The first kappa shape index (κ1) is 78.2. The number of aliphatic hydroxyl groups excluding tert-OH is 1. The first-order valence-corrected chi connectivity index (χ1v) is 38.9. The number of primary amides is 1. The monoisotopic (exact) mass is 1460 g/mol. The third-order valence-electron chi connectivity index (χ3n) is 24.0. The lowest BCUT2D eigenvalue weighted by Gasteiger charge is -2.47. The molecule has 8 amide bonds. The van der Waals surface area contributed by atoms with Gasteiger partial charge in [-0.15, -0.1) is 0 Å². The Bertz CT molecular complexity index is 3050. The molecular formula is C75H116N10O19. The minimum Gasteiger partial charge on any atom is -0.391 e. The van der Waals surface area contributed by atoms with Crippen LogP contribution in [0.15, 0.2) is 36.5 Å². The summed E-state index contributed by atoms with van der Waals surface area (Å²) in [6.45, 7) is 22.7. The number of methoxy groups -OCH3 is 1. The third-order valence-corrected chi connectivity index (χ3v) is 24.0. The van der Waals surface area contributed by atoms with Crippen molar-refractivity contribution in [3.8, 4) is 0 Å². The molecule has 23 atom stereocenters. The van der Waals surface area contributed by atoms with E-state index in [2.05, 4.69) is 56.0 Å². The van der Waals surface area contributed by atoms with Gasteiger partial charge < -0.3 is 89.3 Å². The van der Waals surface area contributed by atoms with E-state index in [1.807, 2.05) is 18.7 Å². The molecule has 14 aliphatic rings. The van der Waals surface area contributed by atoms with E-state index in [0.29, 0.717) is 137 Å². The number of nitrogens with two attached hydrogens (primary N) is 1. The summed E-state index contributed by atoms with van der Waals surface area (Å²) < 4.78 is 67.3. The molecule has 7 N–H and O–H groups in total. The van der Waals surface area contributed by atoms with Gasteiger partial charge in [-0.1, -0.05) is 33.9 Å². The van der Waals surface area contributed by atoms with Gasteiger partial charge in [-0.05, 0) is 93.6 Å². The topological polar surface area (TPSA) is 339 Å². The van der Waals surface area contributed by atoms with Crippen molar-refractivity contribution in [1.82, 2.24) is 45.8 Å². The van der Waals surface area contributed by atoms with Gasteiger partial charge in [-0.25, -0.2) is 4.79 Å². The van der Waals surface area contributed by atoms with Crippen molar-refractivity contribution in [1.29, 1.82) is 0 Å². The number of carbonyl (C=O) groups excluding carboxylic acids is 8. The molecule has 1 spiro atoms. The van der Waals surface area contributed by atoms with Crippen molar-refractivity contribution < 1.29 is 90.8 Å². The predicted molar refractivity (Wildman–Crippen MR) is 377 cm³/mol. The number of ether oxygens (including phenoxy) is 10. The van der Waals surface area contributed by atoms with Crippen LogP contribution >= 0.6 is 0 Å². The SMILES string of the molecule is C=C1C[C@@H]2CC[C@@]34C[C@H]5OC6C(O[C@H]7CC[C@H](CC(=O)C[C@@H]8[C@@H](OC)[C@@H](C[C@H](O)CNC(=O)[C@H](CCCNC(N)=O)NC(=O)[C@@H](NC(=O)CCN9CCN%10CCOCCN(CC9)CCN(C(=O)CCCCN9C(=O)C=CC9=O)CC%10)C(C)C)O[C@H]8C[C@H]8O[C@@H](CC[C@@H]1O2)C[C@@H](C)C8=C)O[C@@H]7[C@@H]6O3)[C@H]5O4. The molecule has 14 bridgehead atoms. The highest BCUT2D eigenvalue weighted by atomic mass is 16.8. The van der Waals surface area contributed by atoms with Gasteiger partial charge in [0.25, 0.3) is 11.8 Å². The van der Waals surface area contributed by atoms with Crippen LogP contribution in [0.5, 0.6) is 0 Å². The predicted octanol–water partition coefficient (Wildman–Crippen LogP) is 1.93. The molecule has 29 nitrogen and oxygen atoms in total. The molecule has 14 aliphatic heterocycles. The van der Waals surface area contributed by atoms with Crippen LogP contribution in [0.2, 0.25) is 0 Å². The van der Waals surface area contributed by atoms with Crippen LogP contribution in [0.3, 0.4) is 0 Å². The third kappa shape index (κ3) is 19.5. The first-order chi connectivity index (χ1) is 50.1. The summed E-state index contributed by atoms with van der Waals surface area (Å²) in [4.78, 5) is 117. The molecule has 4 unspecified atom stereocenters. The number of hydrogen-bond acceptors (Lipinski definition) is 22. The highest BCUT2D eigenvalue weighted by Gasteiger charge is 2.69. The number of ketones is 1. The maximum absolute atomic E-state index is 14.7. The van der Waals surface area contributed by atoms with Gasteiger partial charge in [0.2, 0.25) is 23.6 Å². The average Bonchev–Trinajstić information content (AvgIpc) is 1.55. The zero-order valence-corrected chi connectivity index (χ0v) is 61.6. The lowest BCUT2D eigenvalue weighted by atomic mass is 9.81. The molecule has 29 heteroatoms. The van der Waals surface area contributed by atoms with Crippen LogP contribution in [0, 0.1) is 17.8 Å². The molecule has 0 aliphatic carbocycles. The average molecular weight is 1460 g/mol. The van der Waals surface area contributed by atoms with Crippen molar-refractivity contribution in [2.75, 3.05) is 112 Å². The van der Waals surface area contributed by atoms with E-state index in [0.717, 1.165) is 43.3 Å². The van der Waals surface area contributed by atoms with Gasteiger partial charge in [0.1, 0.15) is 48.4 Å². The molecule has 580 valence electrons. The van der Waals surface area contributed by atoms with Crippen LogP contribution in [0.25, 0.3) is 0 Å².